The van der Waals surface area contributed by atoms with Gasteiger partial charge in [0.25, 0.3) is 11.8 Å². The number of nitrogens with zero attached hydrogens (tertiary/aromatic N) is 2. The number of rotatable bonds is 8. The van der Waals surface area contributed by atoms with Crippen LogP contribution in [0, 0.1) is 0 Å². The summed E-state index contributed by atoms with van der Waals surface area (Å²) in [7, 11) is 5.41. The second-order valence-corrected chi connectivity index (χ2v) is 7.86. The van der Waals surface area contributed by atoms with Crippen LogP contribution in [0.25, 0.3) is 6.08 Å². The molecule has 0 aliphatic heterocycles. The molecule has 34 heavy (non-hydrogen) atoms. The molecule has 3 rings (SSSR count). The van der Waals surface area contributed by atoms with Crippen molar-refractivity contribution in [3.8, 4) is 5.75 Å². The van der Waals surface area contributed by atoms with E-state index >= 15 is 0 Å². The lowest BCUT2D eigenvalue weighted by Gasteiger charge is -2.12. The number of methoxy groups -OCH3 is 1. The Labute approximate surface area is 203 Å². The van der Waals surface area contributed by atoms with E-state index < -0.39 is 11.8 Å². The maximum Gasteiger partial charge on any atom is 0.287 e. The quantitative estimate of drug-likeness (QED) is 0.288. The van der Waals surface area contributed by atoms with Gasteiger partial charge < -0.3 is 15.0 Å². The second-order valence-electron chi connectivity index (χ2n) is 7.46. The van der Waals surface area contributed by atoms with Crippen molar-refractivity contribution in [2.24, 2.45) is 5.10 Å². The van der Waals surface area contributed by atoms with Crippen molar-refractivity contribution >= 4 is 41.4 Å². The molecule has 174 valence electrons. The largest absolute Gasteiger partial charge is 0.495 e. The first-order chi connectivity index (χ1) is 16.4. The van der Waals surface area contributed by atoms with Crippen LogP contribution in [0.5, 0.6) is 5.75 Å². The number of halogens is 1. The minimum absolute atomic E-state index is 0.0522. The topological polar surface area (TPSA) is 83.0 Å². The van der Waals surface area contributed by atoms with Crippen LogP contribution < -0.4 is 20.4 Å². The van der Waals surface area contributed by atoms with E-state index in [1.54, 1.807) is 48.5 Å². The van der Waals surface area contributed by atoms with Crippen LogP contribution in [0.2, 0.25) is 5.02 Å². The zero-order chi connectivity index (χ0) is 24.5. The molecule has 3 aromatic rings. The van der Waals surface area contributed by atoms with Crippen molar-refractivity contribution in [3.63, 3.8) is 0 Å². The molecule has 7 nitrogen and oxygen atoms in total. The molecule has 0 aliphatic rings. The molecule has 0 fully saturated rings. The van der Waals surface area contributed by atoms with E-state index in [1.165, 1.54) is 13.3 Å². The summed E-state index contributed by atoms with van der Waals surface area (Å²) in [5, 5.41) is 7.10. The third-order valence-electron chi connectivity index (χ3n) is 4.80. The number of carbonyl (C=O) groups is 2. The first kappa shape index (κ1) is 24.5. The van der Waals surface area contributed by atoms with Gasteiger partial charge in [0.05, 0.1) is 18.3 Å². The Hall–Kier alpha value is -4.10. The van der Waals surface area contributed by atoms with Crippen molar-refractivity contribution in [3.05, 3.63) is 100 Å². The van der Waals surface area contributed by atoms with Crippen molar-refractivity contribution < 1.29 is 14.3 Å². The Morgan fingerprint density at radius 3 is 2.26 bits per heavy atom. The summed E-state index contributed by atoms with van der Waals surface area (Å²) in [6.45, 7) is 0. The van der Waals surface area contributed by atoms with Crippen molar-refractivity contribution in [2.75, 3.05) is 26.1 Å². The predicted octanol–water partition coefficient (Wildman–Crippen LogP) is 4.34. The van der Waals surface area contributed by atoms with Gasteiger partial charge in [-0.05, 0) is 59.7 Å². The molecule has 2 N–H and O–H groups in total. The molecule has 0 spiro atoms. The van der Waals surface area contributed by atoms with Crippen molar-refractivity contribution in [2.45, 2.75) is 0 Å². The van der Waals surface area contributed by atoms with Crippen LogP contribution in [-0.2, 0) is 4.79 Å². The molecule has 0 saturated heterocycles. The van der Waals surface area contributed by atoms with Crippen LogP contribution >= 0.6 is 11.6 Å². The van der Waals surface area contributed by atoms with Crippen LogP contribution in [0.1, 0.15) is 21.5 Å². The van der Waals surface area contributed by atoms with E-state index in [0.29, 0.717) is 21.9 Å². The highest BCUT2D eigenvalue weighted by molar-refractivity contribution is 6.32. The summed E-state index contributed by atoms with van der Waals surface area (Å²) < 4.78 is 5.13. The fourth-order valence-corrected chi connectivity index (χ4v) is 3.23. The number of ether oxygens (including phenoxy) is 1. The van der Waals surface area contributed by atoms with Gasteiger partial charge in [-0.25, -0.2) is 5.43 Å². The van der Waals surface area contributed by atoms with Gasteiger partial charge in [-0.15, -0.1) is 0 Å². The Morgan fingerprint density at radius 1 is 0.971 bits per heavy atom. The summed E-state index contributed by atoms with van der Waals surface area (Å²) in [6, 6.07) is 21.3. The molecule has 0 bridgehead atoms. The smallest absolute Gasteiger partial charge is 0.287 e. The minimum atomic E-state index is -0.572. The van der Waals surface area contributed by atoms with Crippen LogP contribution in [0.3, 0.4) is 0 Å². The van der Waals surface area contributed by atoms with Gasteiger partial charge in [-0.3, -0.25) is 9.59 Å². The van der Waals surface area contributed by atoms with E-state index in [4.69, 9.17) is 16.3 Å². The Kier molecular flexibility index (Phi) is 8.43. The molecule has 0 unspecified atom stereocenters. The number of benzene rings is 3. The molecule has 0 heterocycles. The van der Waals surface area contributed by atoms with E-state index in [9.17, 15) is 9.59 Å². The lowest BCUT2D eigenvalue weighted by molar-refractivity contribution is -0.117. The highest BCUT2D eigenvalue weighted by atomic mass is 35.5. The highest BCUT2D eigenvalue weighted by Crippen LogP contribution is 2.24. The first-order valence-corrected chi connectivity index (χ1v) is 10.8. The number of anilines is 1. The number of hydrazone groups is 1. The third kappa shape index (κ3) is 6.70. The molecule has 8 heteroatoms. The average molecular weight is 477 g/mol. The monoisotopic (exact) mass is 476 g/mol. The van der Waals surface area contributed by atoms with Gasteiger partial charge in [0.15, 0.2) is 0 Å². The van der Waals surface area contributed by atoms with Gasteiger partial charge in [-0.1, -0.05) is 41.9 Å². The Balaban J connectivity index is 1.80. The molecular weight excluding hydrogens is 452 g/mol. The van der Waals surface area contributed by atoms with Gasteiger partial charge >= 0.3 is 0 Å². The Bertz CT molecular complexity index is 1210. The van der Waals surface area contributed by atoms with E-state index in [1.807, 2.05) is 49.3 Å². The minimum Gasteiger partial charge on any atom is -0.495 e. The average Bonchev–Trinajstić information content (AvgIpc) is 2.84. The highest BCUT2D eigenvalue weighted by Gasteiger charge is 2.14. The third-order valence-corrected chi connectivity index (χ3v) is 5.10. The number of nitrogens with one attached hydrogen (secondary N) is 2. The van der Waals surface area contributed by atoms with E-state index in [0.717, 1.165) is 11.3 Å². The molecule has 0 atom stereocenters. The van der Waals surface area contributed by atoms with E-state index in [2.05, 4.69) is 15.8 Å². The number of hydrogen-bond donors (Lipinski definition) is 2. The van der Waals surface area contributed by atoms with Gasteiger partial charge in [0.1, 0.15) is 11.4 Å². The lowest BCUT2D eigenvalue weighted by atomic mass is 10.1. The lowest BCUT2D eigenvalue weighted by Crippen LogP contribution is -2.32. The molecule has 3 aromatic carbocycles. The second kappa shape index (κ2) is 11.7. The zero-order valence-corrected chi connectivity index (χ0v) is 19.8. The number of carbonyl (C=O) groups excluding carboxylic acids is 2. The first-order valence-electron chi connectivity index (χ1n) is 10.4. The van der Waals surface area contributed by atoms with Crippen LogP contribution in [0.4, 0.5) is 5.69 Å². The summed E-state index contributed by atoms with van der Waals surface area (Å²) in [5.41, 5.74) is 5.36. The predicted molar refractivity (Wildman–Crippen MR) is 136 cm³/mol. The fourth-order valence-electron chi connectivity index (χ4n) is 2.97. The summed E-state index contributed by atoms with van der Waals surface area (Å²) in [5.74, 6) is -0.438. The maximum absolute atomic E-state index is 12.9. The molecular formula is C26H25ClN4O3. The molecule has 0 saturated carbocycles. The molecule has 0 radical (unpaired) electrons. The SMILES string of the molecule is COc1ccc(/C=N/NC(=O)/C(=C/c2ccc(N(C)C)cc2)NC(=O)c2ccccc2)cc1Cl. The van der Waals surface area contributed by atoms with Crippen LogP contribution in [0.15, 0.2) is 83.6 Å². The van der Waals surface area contributed by atoms with Crippen molar-refractivity contribution in [1.82, 2.24) is 10.7 Å². The molecule has 2 amide bonds. The number of hydrogen-bond acceptors (Lipinski definition) is 5. The molecule has 0 aliphatic carbocycles. The van der Waals surface area contributed by atoms with E-state index in [-0.39, 0.29) is 5.70 Å². The van der Waals surface area contributed by atoms with Gasteiger partial charge in [0, 0.05) is 25.3 Å². The standard InChI is InChI=1S/C26H25ClN4O3/c1-31(2)21-12-9-18(10-13-21)16-23(29-25(32)20-7-5-4-6-8-20)26(33)30-28-17-19-11-14-24(34-3)22(27)15-19/h4-17H,1-3H3,(H,29,32)(H,30,33)/b23-16-,28-17+. The fraction of sp³-hybridized carbons (Fsp3) is 0.115. The number of amides is 2. The normalized spacial score (nSPS) is 11.2. The van der Waals surface area contributed by atoms with Crippen LogP contribution in [-0.4, -0.2) is 39.2 Å². The summed E-state index contributed by atoms with van der Waals surface area (Å²) >= 11 is 6.12. The Morgan fingerprint density at radius 2 is 1.65 bits per heavy atom. The summed E-state index contributed by atoms with van der Waals surface area (Å²) in [6.07, 6.45) is 3.04. The van der Waals surface area contributed by atoms with Gasteiger partial charge in [0.2, 0.25) is 0 Å². The zero-order valence-electron chi connectivity index (χ0n) is 19.1. The maximum atomic E-state index is 12.9. The van der Waals surface area contributed by atoms with Crippen molar-refractivity contribution in [1.29, 1.82) is 0 Å². The van der Waals surface area contributed by atoms with Gasteiger partial charge in [-0.2, -0.15) is 5.10 Å². The summed E-state index contributed by atoms with van der Waals surface area (Å²) in [4.78, 5) is 27.5. The molecule has 0 aromatic heterocycles.